The molecule has 0 radical (unpaired) electrons. The van der Waals surface area contributed by atoms with Gasteiger partial charge in [-0.05, 0) is 19.1 Å². The summed E-state index contributed by atoms with van der Waals surface area (Å²) in [5.41, 5.74) is 9.12. The largest absolute Gasteiger partial charge is 0.361 e. The third kappa shape index (κ3) is 4.73. The SMILES string of the molecule is CSCCC(=[N+]=[N-])C(=O)SC1CCCCC1. The topological polar surface area (TPSA) is 53.5 Å². The van der Waals surface area contributed by atoms with E-state index in [-0.39, 0.29) is 5.12 Å². The van der Waals surface area contributed by atoms with Crippen molar-refractivity contribution in [2.45, 2.75) is 43.8 Å². The van der Waals surface area contributed by atoms with Gasteiger partial charge in [-0.1, -0.05) is 31.0 Å². The Morgan fingerprint density at radius 2 is 2.06 bits per heavy atom. The van der Waals surface area contributed by atoms with E-state index in [1.54, 1.807) is 11.8 Å². The smallest absolute Gasteiger partial charge is 0.346 e. The van der Waals surface area contributed by atoms with Gasteiger partial charge in [-0.3, -0.25) is 4.79 Å². The molecule has 16 heavy (non-hydrogen) atoms. The molecule has 0 amide bonds. The summed E-state index contributed by atoms with van der Waals surface area (Å²) in [7, 11) is 0. The van der Waals surface area contributed by atoms with Crippen LogP contribution in [0.25, 0.3) is 5.53 Å². The number of hydrogen-bond acceptors (Lipinski definition) is 3. The van der Waals surface area contributed by atoms with Crippen molar-refractivity contribution in [3.63, 3.8) is 0 Å². The summed E-state index contributed by atoms with van der Waals surface area (Å²) in [5.74, 6) is 0.830. The zero-order valence-corrected chi connectivity index (χ0v) is 11.3. The van der Waals surface area contributed by atoms with Crippen LogP contribution in [-0.4, -0.2) is 32.9 Å². The first-order valence-electron chi connectivity index (χ1n) is 5.68. The number of carbonyl (C=O) groups excluding carboxylic acids is 1. The van der Waals surface area contributed by atoms with Gasteiger partial charge in [0, 0.05) is 11.0 Å². The van der Waals surface area contributed by atoms with Crippen molar-refractivity contribution in [3.8, 4) is 0 Å². The molecule has 0 aliphatic heterocycles. The van der Waals surface area contributed by atoms with E-state index in [0.717, 1.165) is 18.6 Å². The molecule has 0 aromatic heterocycles. The third-order valence-electron chi connectivity index (χ3n) is 2.73. The fraction of sp³-hybridized carbons (Fsp3) is 0.818. The second-order valence-electron chi connectivity index (χ2n) is 3.95. The summed E-state index contributed by atoms with van der Waals surface area (Å²) in [4.78, 5) is 14.9. The molecule has 90 valence electrons. The van der Waals surface area contributed by atoms with Crippen molar-refractivity contribution >= 4 is 34.4 Å². The van der Waals surface area contributed by atoms with Crippen LogP contribution >= 0.6 is 23.5 Å². The molecule has 0 heterocycles. The molecule has 1 fully saturated rings. The van der Waals surface area contributed by atoms with E-state index in [1.165, 1.54) is 31.0 Å². The number of nitrogens with zero attached hydrogens (tertiary/aromatic N) is 2. The lowest BCUT2D eigenvalue weighted by molar-refractivity contribution is -0.110. The number of rotatable bonds is 5. The van der Waals surface area contributed by atoms with Gasteiger partial charge in [0.05, 0.1) is 6.42 Å². The van der Waals surface area contributed by atoms with Crippen molar-refractivity contribution < 1.29 is 9.58 Å². The minimum absolute atomic E-state index is 0.0385. The standard InChI is InChI=1S/C11H18N2OS2/c1-15-8-7-10(13-12)11(14)16-9-5-3-2-4-6-9/h9H,2-8H2,1H3. The summed E-state index contributed by atoms with van der Waals surface area (Å²) in [6.07, 6.45) is 8.53. The quantitative estimate of drug-likeness (QED) is 0.433. The maximum atomic E-state index is 11.8. The second kappa shape index (κ2) is 7.93. The van der Waals surface area contributed by atoms with Gasteiger partial charge in [-0.2, -0.15) is 16.6 Å². The Morgan fingerprint density at radius 1 is 1.38 bits per heavy atom. The van der Waals surface area contributed by atoms with E-state index in [9.17, 15) is 4.79 Å². The molecule has 0 saturated heterocycles. The zero-order chi connectivity index (χ0) is 11.8. The van der Waals surface area contributed by atoms with Crippen LogP contribution in [0.3, 0.4) is 0 Å². The van der Waals surface area contributed by atoms with Crippen molar-refractivity contribution in [1.29, 1.82) is 0 Å². The first-order valence-corrected chi connectivity index (χ1v) is 7.96. The van der Waals surface area contributed by atoms with Gasteiger partial charge in [0.15, 0.2) is 0 Å². The van der Waals surface area contributed by atoms with Crippen LogP contribution in [0.2, 0.25) is 0 Å². The highest BCUT2D eigenvalue weighted by molar-refractivity contribution is 8.15. The molecule has 0 unspecified atom stereocenters. The molecule has 0 aromatic carbocycles. The molecule has 1 saturated carbocycles. The molecule has 5 heteroatoms. The fourth-order valence-electron chi connectivity index (χ4n) is 1.79. The van der Waals surface area contributed by atoms with Gasteiger partial charge in [-0.25, -0.2) is 0 Å². The zero-order valence-electron chi connectivity index (χ0n) is 9.65. The predicted molar refractivity (Wildman–Crippen MR) is 71.1 cm³/mol. The lowest BCUT2D eigenvalue weighted by Crippen LogP contribution is -2.18. The molecular weight excluding hydrogens is 240 g/mol. The van der Waals surface area contributed by atoms with E-state index >= 15 is 0 Å². The Labute approximate surface area is 105 Å². The van der Waals surface area contributed by atoms with Crippen LogP contribution in [0.5, 0.6) is 0 Å². The van der Waals surface area contributed by atoms with E-state index in [0.29, 0.717) is 17.4 Å². The summed E-state index contributed by atoms with van der Waals surface area (Å²) in [6, 6.07) is 0. The van der Waals surface area contributed by atoms with E-state index in [4.69, 9.17) is 5.53 Å². The molecule has 0 spiro atoms. The molecule has 1 aliphatic rings. The Morgan fingerprint density at radius 3 is 2.62 bits per heavy atom. The van der Waals surface area contributed by atoms with Crippen LogP contribution in [0.15, 0.2) is 0 Å². The first-order chi connectivity index (χ1) is 7.77. The van der Waals surface area contributed by atoms with Crippen molar-refractivity contribution in [1.82, 2.24) is 0 Å². The second-order valence-corrected chi connectivity index (χ2v) is 6.21. The predicted octanol–water partition coefficient (Wildman–Crippen LogP) is 3.00. The van der Waals surface area contributed by atoms with Gasteiger partial charge in [0.1, 0.15) is 0 Å². The highest BCUT2D eigenvalue weighted by Crippen LogP contribution is 2.29. The highest BCUT2D eigenvalue weighted by atomic mass is 32.2. The normalized spacial score (nSPS) is 16.8. The number of carbonyl (C=O) groups is 1. The summed E-state index contributed by atoms with van der Waals surface area (Å²) in [5, 5.41) is 0.399. The van der Waals surface area contributed by atoms with Gasteiger partial charge in [0.25, 0.3) is 5.12 Å². The Kier molecular flexibility index (Phi) is 6.85. The van der Waals surface area contributed by atoms with Crippen LogP contribution in [0.1, 0.15) is 38.5 Å². The summed E-state index contributed by atoms with van der Waals surface area (Å²) < 4.78 is 0. The maximum absolute atomic E-state index is 11.8. The van der Waals surface area contributed by atoms with E-state index < -0.39 is 0 Å². The first kappa shape index (κ1) is 13.8. The van der Waals surface area contributed by atoms with Crippen LogP contribution in [-0.2, 0) is 4.79 Å². The minimum Gasteiger partial charge on any atom is -0.361 e. The molecule has 0 bridgehead atoms. The maximum Gasteiger partial charge on any atom is 0.346 e. The number of hydrogen-bond donors (Lipinski definition) is 0. The van der Waals surface area contributed by atoms with Crippen LogP contribution in [0, 0.1) is 0 Å². The third-order valence-corrected chi connectivity index (χ3v) is 4.59. The number of thioether (sulfide) groups is 2. The van der Waals surface area contributed by atoms with Crippen LogP contribution in [0.4, 0.5) is 0 Å². The van der Waals surface area contributed by atoms with Crippen LogP contribution < -0.4 is 0 Å². The van der Waals surface area contributed by atoms with Gasteiger partial charge in [0.2, 0.25) is 0 Å². The lowest BCUT2D eigenvalue weighted by atomic mass is 10.0. The van der Waals surface area contributed by atoms with E-state index in [1.807, 2.05) is 6.26 Å². The van der Waals surface area contributed by atoms with E-state index in [2.05, 4.69) is 4.79 Å². The average molecular weight is 258 g/mol. The highest BCUT2D eigenvalue weighted by Gasteiger charge is 2.25. The van der Waals surface area contributed by atoms with Gasteiger partial charge in [-0.15, -0.1) is 0 Å². The average Bonchev–Trinajstić information content (AvgIpc) is 2.31. The molecular formula is C11H18N2OS2. The minimum atomic E-state index is -0.0385. The van der Waals surface area contributed by atoms with Crippen molar-refractivity contribution in [2.24, 2.45) is 0 Å². The molecule has 1 rings (SSSR count). The molecule has 0 aromatic rings. The summed E-state index contributed by atoms with van der Waals surface area (Å²) in [6.45, 7) is 0. The molecule has 1 aliphatic carbocycles. The Balaban J connectivity index is 2.39. The van der Waals surface area contributed by atoms with Crippen molar-refractivity contribution in [2.75, 3.05) is 12.0 Å². The summed E-state index contributed by atoms with van der Waals surface area (Å²) >= 11 is 3.02. The van der Waals surface area contributed by atoms with Gasteiger partial charge < -0.3 is 5.53 Å². The monoisotopic (exact) mass is 258 g/mol. The van der Waals surface area contributed by atoms with Crippen molar-refractivity contribution in [3.05, 3.63) is 5.53 Å². The van der Waals surface area contributed by atoms with Gasteiger partial charge >= 0.3 is 5.71 Å². The lowest BCUT2D eigenvalue weighted by Gasteiger charge is -2.18. The fourth-order valence-corrected chi connectivity index (χ4v) is 3.34. The molecule has 3 nitrogen and oxygen atoms in total. The molecule has 0 N–H and O–H groups in total. The Bertz CT molecular complexity index is 282. The Hall–Kier alpha value is -0.250. The molecule has 0 atom stereocenters.